The molecule has 2 aliphatic rings. The number of anilines is 1. The lowest BCUT2D eigenvalue weighted by Crippen LogP contribution is -2.43. The highest BCUT2D eigenvalue weighted by Crippen LogP contribution is 2.31. The topological polar surface area (TPSA) is 49.8 Å². The van der Waals surface area contributed by atoms with E-state index in [0.29, 0.717) is 0 Å². The highest BCUT2D eigenvalue weighted by molar-refractivity contribution is 7.14. The fraction of sp³-hybridized carbons (Fsp3) is 0.375. The maximum atomic E-state index is 5.59. The lowest BCUT2D eigenvalue weighted by atomic mass is 10.0. The van der Waals surface area contributed by atoms with Crippen molar-refractivity contribution >= 4 is 22.2 Å². The summed E-state index contributed by atoms with van der Waals surface area (Å²) in [6, 6.07) is 10.2. The van der Waals surface area contributed by atoms with Crippen LogP contribution in [0.4, 0.5) is 5.13 Å². The Bertz CT molecular complexity index is 664. The lowest BCUT2D eigenvalue weighted by Gasteiger charge is -2.26. The minimum absolute atomic E-state index is 0.0144. The summed E-state index contributed by atoms with van der Waals surface area (Å²) in [5.74, 6) is 0. The summed E-state index contributed by atoms with van der Waals surface area (Å²) >= 11 is 1.69. The Kier molecular flexibility index (Phi) is 3.78. The Balaban J connectivity index is 1.46. The molecule has 1 saturated heterocycles. The third kappa shape index (κ3) is 2.71. The average Bonchev–Trinajstić information content (AvgIpc) is 3.26. The number of rotatable bonds is 3. The van der Waals surface area contributed by atoms with Gasteiger partial charge in [-0.1, -0.05) is 35.5 Å². The van der Waals surface area contributed by atoms with E-state index in [2.05, 4.69) is 32.9 Å². The van der Waals surface area contributed by atoms with E-state index in [1.807, 2.05) is 18.2 Å². The second kappa shape index (κ2) is 6.06. The SMILES string of the molecule is c1ccc(C2CC(c3csc(N4CCNCC4)n3)=NO2)cc1. The Labute approximate surface area is 133 Å². The van der Waals surface area contributed by atoms with Gasteiger partial charge in [-0.2, -0.15) is 0 Å². The van der Waals surface area contributed by atoms with Crippen molar-refractivity contribution in [2.75, 3.05) is 31.1 Å². The van der Waals surface area contributed by atoms with Gasteiger partial charge in [-0.15, -0.1) is 11.3 Å². The number of nitrogens with zero attached hydrogens (tertiary/aromatic N) is 3. The van der Waals surface area contributed by atoms with Crippen molar-refractivity contribution in [3.05, 3.63) is 47.0 Å². The fourth-order valence-corrected chi connectivity index (χ4v) is 3.66. The lowest BCUT2D eigenvalue weighted by molar-refractivity contribution is 0.0857. The minimum Gasteiger partial charge on any atom is -0.387 e. The van der Waals surface area contributed by atoms with E-state index >= 15 is 0 Å². The first-order valence-electron chi connectivity index (χ1n) is 7.59. The Morgan fingerprint density at radius 2 is 2.00 bits per heavy atom. The molecule has 0 amide bonds. The van der Waals surface area contributed by atoms with Gasteiger partial charge in [0, 0.05) is 38.0 Å². The van der Waals surface area contributed by atoms with Gasteiger partial charge >= 0.3 is 0 Å². The summed E-state index contributed by atoms with van der Waals surface area (Å²) in [5, 5.41) is 10.8. The molecule has 1 unspecified atom stereocenters. The van der Waals surface area contributed by atoms with Gasteiger partial charge in [0.05, 0.1) is 0 Å². The van der Waals surface area contributed by atoms with Crippen molar-refractivity contribution in [3.8, 4) is 0 Å². The van der Waals surface area contributed by atoms with Crippen LogP contribution in [0.2, 0.25) is 0 Å². The first kappa shape index (κ1) is 13.7. The molecule has 2 aromatic rings. The Morgan fingerprint density at radius 1 is 1.18 bits per heavy atom. The molecule has 4 rings (SSSR count). The number of aromatic nitrogens is 1. The molecule has 5 nitrogen and oxygen atoms in total. The van der Waals surface area contributed by atoms with Crippen LogP contribution in [-0.2, 0) is 4.84 Å². The monoisotopic (exact) mass is 314 g/mol. The second-order valence-corrected chi connectivity index (χ2v) is 6.34. The van der Waals surface area contributed by atoms with Gasteiger partial charge in [-0.3, -0.25) is 0 Å². The Hall–Kier alpha value is -1.92. The maximum Gasteiger partial charge on any atom is 0.185 e. The summed E-state index contributed by atoms with van der Waals surface area (Å²) in [6.07, 6.45) is 0.801. The number of oxime groups is 1. The Morgan fingerprint density at radius 3 is 2.82 bits per heavy atom. The summed E-state index contributed by atoms with van der Waals surface area (Å²) < 4.78 is 0. The normalized spacial score (nSPS) is 21.5. The van der Waals surface area contributed by atoms with Crippen LogP contribution >= 0.6 is 11.3 Å². The molecule has 0 saturated carbocycles. The van der Waals surface area contributed by atoms with Crippen molar-refractivity contribution in [3.63, 3.8) is 0 Å². The van der Waals surface area contributed by atoms with Gasteiger partial charge < -0.3 is 15.1 Å². The largest absolute Gasteiger partial charge is 0.387 e. The number of piperazine rings is 1. The van der Waals surface area contributed by atoms with Crippen molar-refractivity contribution < 1.29 is 4.84 Å². The minimum atomic E-state index is 0.0144. The number of benzene rings is 1. The third-order valence-corrected chi connectivity index (χ3v) is 4.92. The van der Waals surface area contributed by atoms with Crippen LogP contribution in [0.25, 0.3) is 0 Å². The molecule has 114 valence electrons. The van der Waals surface area contributed by atoms with Crippen molar-refractivity contribution in [1.29, 1.82) is 0 Å². The molecule has 0 aliphatic carbocycles. The van der Waals surface area contributed by atoms with Crippen LogP contribution in [0.15, 0.2) is 40.9 Å². The van der Waals surface area contributed by atoms with Crippen LogP contribution in [0.1, 0.15) is 23.8 Å². The van der Waals surface area contributed by atoms with Crippen molar-refractivity contribution in [1.82, 2.24) is 10.3 Å². The maximum absolute atomic E-state index is 5.59. The highest BCUT2D eigenvalue weighted by Gasteiger charge is 2.26. The molecule has 1 atom stereocenters. The molecule has 0 spiro atoms. The summed E-state index contributed by atoms with van der Waals surface area (Å²) in [7, 11) is 0. The zero-order valence-electron chi connectivity index (χ0n) is 12.2. The molecular weight excluding hydrogens is 296 g/mol. The molecule has 3 heterocycles. The number of nitrogens with one attached hydrogen (secondary N) is 1. The van der Waals surface area contributed by atoms with Gasteiger partial charge in [-0.05, 0) is 5.56 Å². The molecule has 1 fully saturated rings. The second-order valence-electron chi connectivity index (χ2n) is 5.50. The fourth-order valence-electron chi connectivity index (χ4n) is 2.77. The molecular formula is C16H18N4OS. The van der Waals surface area contributed by atoms with Crippen molar-refractivity contribution in [2.45, 2.75) is 12.5 Å². The molecule has 0 radical (unpaired) electrons. The van der Waals surface area contributed by atoms with Crippen LogP contribution in [0, 0.1) is 0 Å². The highest BCUT2D eigenvalue weighted by atomic mass is 32.1. The van der Waals surface area contributed by atoms with E-state index in [4.69, 9.17) is 9.82 Å². The zero-order valence-corrected chi connectivity index (χ0v) is 13.1. The smallest absolute Gasteiger partial charge is 0.185 e. The van der Waals surface area contributed by atoms with Gasteiger partial charge in [0.2, 0.25) is 0 Å². The third-order valence-electron chi connectivity index (χ3n) is 4.02. The van der Waals surface area contributed by atoms with Crippen molar-refractivity contribution in [2.24, 2.45) is 5.16 Å². The standard InChI is InChI=1S/C16H18N4OS/c1-2-4-12(5-3-1)15-10-13(19-21-15)14-11-22-16(18-14)20-8-6-17-7-9-20/h1-5,11,15,17H,6-10H2. The van der Waals surface area contributed by atoms with Gasteiger partial charge in [-0.25, -0.2) is 4.98 Å². The first-order chi connectivity index (χ1) is 10.9. The summed E-state index contributed by atoms with van der Waals surface area (Å²) in [5.41, 5.74) is 3.07. The summed E-state index contributed by atoms with van der Waals surface area (Å²) in [4.78, 5) is 12.7. The number of hydrogen-bond acceptors (Lipinski definition) is 6. The number of thiazole rings is 1. The molecule has 6 heteroatoms. The van der Waals surface area contributed by atoms with Gasteiger partial charge in [0.1, 0.15) is 11.4 Å². The van der Waals surface area contributed by atoms with Crippen LogP contribution in [0.3, 0.4) is 0 Å². The van der Waals surface area contributed by atoms with E-state index in [1.165, 1.54) is 5.56 Å². The average molecular weight is 314 g/mol. The van der Waals surface area contributed by atoms with Crippen LogP contribution < -0.4 is 10.2 Å². The predicted molar refractivity (Wildman–Crippen MR) is 88.6 cm³/mol. The molecule has 1 aromatic carbocycles. The van der Waals surface area contributed by atoms with Crippen LogP contribution in [0.5, 0.6) is 0 Å². The van der Waals surface area contributed by atoms with E-state index in [-0.39, 0.29) is 6.10 Å². The molecule has 0 bridgehead atoms. The molecule has 2 aliphatic heterocycles. The zero-order chi connectivity index (χ0) is 14.8. The molecule has 1 N–H and O–H groups in total. The predicted octanol–water partition coefficient (Wildman–Crippen LogP) is 2.42. The van der Waals surface area contributed by atoms with E-state index in [0.717, 1.165) is 49.1 Å². The van der Waals surface area contributed by atoms with Crippen LogP contribution in [-0.4, -0.2) is 36.9 Å². The number of hydrogen-bond donors (Lipinski definition) is 1. The summed E-state index contributed by atoms with van der Waals surface area (Å²) in [6.45, 7) is 4.08. The van der Waals surface area contributed by atoms with Gasteiger partial charge in [0.25, 0.3) is 0 Å². The van der Waals surface area contributed by atoms with E-state index < -0.39 is 0 Å². The molecule has 22 heavy (non-hydrogen) atoms. The van der Waals surface area contributed by atoms with E-state index in [1.54, 1.807) is 11.3 Å². The quantitative estimate of drug-likeness (QED) is 0.945. The van der Waals surface area contributed by atoms with Gasteiger partial charge in [0.15, 0.2) is 11.2 Å². The van der Waals surface area contributed by atoms with E-state index in [9.17, 15) is 0 Å². The molecule has 1 aromatic heterocycles. The first-order valence-corrected chi connectivity index (χ1v) is 8.47.